The zero-order chi connectivity index (χ0) is 11.1. The summed E-state index contributed by atoms with van der Waals surface area (Å²) >= 11 is 0. The van der Waals surface area contributed by atoms with Gasteiger partial charge in [-0.25, -0.2) is 0 Å². The van der Waals surface area contributed by atoms with Crippen LogP contribution in [-0.2, 0) is 4.74 Å². The van der Waals surface area contributed by atoms with E-state index in [1.165, 1.54) is 38.9 Å². The largest absolute Gasteiger partial charge is 0.383 e. The van der Waals surface area contributed by atoms with Crippen LogP contribution in [0, 0.1) is 0 Å². The molecular formula is C12H26N2O. The highest BCUT2D eigenvalue weighted by Crippen LogP contribution is 2.08. The van der Waals surface area contributed by atoms with E-state index in [2.05, 4.69) is 24.1 Å². The summed E-state index contributed by atoms with van der Waals surface area (Å²) in [5, 5.41) is 3.56. The zero-order valence-corrected chi connectivity index (χ0v) is 10.5. The molecule has 0 saturated carbocycles. The molecular weight excluding hydrogens is 188 g/mol. The molecule has 0 aromatic rings. The fraction of sp³-hybridized carbons (Fsp3) is 1.00. The van der Waals surface area contributed by atoms with Crippen LogP contribution in [0.15, 0.2) is 0 Å². The third kappa shape index (κ3) is 5.50. The first kappa shape index (κ1) is 12.9. The van der Waals surface area contributed by atoms with Crippen molar-refractivity contribution in [1.82, 2.24) is 10.2 Å². The smallest absolute Gasteiger partial charge is 0.0613 e. The predicted octanol–water partition coefficient (Wildman–Crippen LogP) is 1.49. The van der Waals surface area contributed by atoms with Crippen LogP contribution in [0.25, 0.3) is 0 Å². The Balaban J connectivity index is 2.13. The van der Waals surface area contributed by atoms with Crippen molar-refractivity contribution >= 4 is 0 Å². The van der Waals surface area contributed by atoms with Crippen molar-refractivity contribution in [3.63, 3.8) is 0 Å². The lowest BCUT2D eigenvalue weighted by atomic mass is 10.1. The van der Waals surface area contributed by atoms with E-state index in [0.717, 1.165) is 6.61 Å². The second-order valence-electron chi connectivity index (χ2n) is 4.79. The van der Waals surface area contributed by atoms with Gasteiger partial charge in [-0.1, -0.05) is 6.42 Å². The minimum absolute atomic E-state index is 0.454. The van der Waals surface area contributed by atoms with Crippen molar-refractivity contribution < 1.29 is 4.74 Å². The molecule has 0 bridgehead atoms. The first-order valence-electron chi connectivity index (χ1n) is 6.19. The molecule has 3 heteroatoms. The summed E-state index contributed by atoms with van der Waals surface area (Å²) in [7, 11) is 1.76. The molecule has 3 nitrogen and oxygen atoms in total. The second-order valence-corrected chi connectivity index (χ2v) is 4.79. The fourth-order valence-corrected chi connectivity index (χ4v) is 2.37. The first-order valence-corrected chi connectivity index (χ1v) is 6.19. The third-order valence-electron chi connectivity index (χ3n) is 2.97. The van der Waals surface area contributed by atoms with Gasteiger partial charge in [0.15, 0.2) is 0 Å². The van der Waals surface area contributed by atoms with Crippen molar-refractivity contribution in [3.05, 3.63) is 0 Å². The Kier molecular flexibility index (Phi) is 6.22. The molecule has 1 aliphatic rings. The summed E-state index contributed by atoms with van der Waals surface area (Å²) in [6, 6.07) is 1.02. The topological polar surface area (TPSA) is 24.5 Å². The Hall–Kier alpha value is -0.120. The lowest BCUT2D eigenvalue weighted by Gasteiger charge is -2.30. The van der Waals surface area contributed by atoms with Crippen LogP contribution >= 0.6 is 0 Å². The van der Waals surface area contributed by atoms with Gasteiger partial charge in [0.1, 0.15) is 0 Å². The molecule has 1 fully saturated rings. The predicted molar refractivity (Wildman–Crippen MR) is 64.2 cm³/mol. The third-order valence-corrected chi connectivity index (χ3v) is 2.97. The number of hydrogen-bond acceptors (Lipinski definition) is 3. The van der Waals surface area contributed by atoms with Crippen LogP contribution in [0.5, 0.6) is 0 Å². The average Bonchev–Trinajstić information content (AvgIpc) is 2.19. The van der Waals surface area contributed by atoms with Crippen molar-refractivity contribution in [3.8, 4) is 0 Å². The Morgan fingerprint density at radius 2 is 1.80 bits per heavy atom. The van der Waals surface area contributed by atoms with Gasteiger partial charge >= 0.3 is 0 Å². The van der Waals surface area contributed by atoms with Gasteiger partial charge in [-0.15, -0.1) is 0 Å². The first-order chi connectivity index (χ1) is 7.22. The molecule has 1 saturated heterocycles. The average molecular weight is 214 g/mol. The minimum atomic E-state index is 0.454. The normalized spacial score (nSPS) is 22.6. The number of hydrogen-bond donors (Lipinski definition) is 1. The highest BCUT2D eigenvalue weighted by atomic mass is 16.5. The molecule has 1 rings (SSSR count). The zero-order valence-electron chi connectivity index (χ0n) is 10.5. The molecule has 0 radical (unpaired) electrons. The highest BCUT2D eigenvalue weighted by Gasteiger charge is 2.14. The Bertz CT molecular complexity index is 158. The van der Waals surface area contributed by atoms with E-state index in [0.29, 0.717) is 12.1 Å². The molecule has 1 heterocycles. The fourth-order valence-electron chi connectivity index (χ4n) is 2.37. The summed E-state index contributed by atoms with van der Waals surface area (Å²) in [5.74, 6) is 0. The standard InChI is InChI=1S/C12H26N2O/c1-11(13-12(2)10-15-3)9-14-7-5-4-6-8-14/h11-13H,4-10H2,1-3H3. The summed E-state index contributed by atoms with van der Waals surface area (Å²) in [5.41, 5.74) is 0. The van der Waals surface area contributed by atoms with E-state index in [1.807, 2.05) is 0 Å². The number of nitrogens with one attached hydrogen (secondary N) is 1. The monoisotopic (exact) mass is 214 g/mol. The number of nitrogens with zero attached hydrogens (tertiary/aromatic N) is 1. The SMILES string of the molecule is COCC(C)NC(C)CN1CCCCC1. The summed E-state index contributed by atoms with van der Waals surface area (Å²) in [6.07, 6.45) is 4.17. The van der Waals surface area contributed by atoms with Crippen LogP contribution in [0.2, 0.25) is 0 Å². The Labute approximate surface area is 94.2 Å². The minimum Gasteiger partial charge on any atom is -0.383 e. The number of rotatable bonds is 6. The van der Waals surface area contributed by atoms with E-state index < -0.39 is 0 Å². The molecule has 0 spiro atoms. The summed E-state index contributed by atoms with van der Waals surface area (Å²) in [6.45, 7) is 8.98. The molecule has 0 amide bonds. The van der Waals surface area contributed by atoms with Crippen molar-refractivity contribution in [2.24, 2.45) is 0 Å². The van der Waals surface area contributed by atoms with Crippen molar-refractivity contribution in [1.29, 1.82) is 0 Å². The van der Waals surface area contributed by atoms with Crippen LogP contribution < -0.4 is 5.32 Å². The van der Waals surface area contributed by atoms with Crippen LogP contribution in [0.3, 0.4) is 0 Å². The quantitative estimate of drug-likeness (QED) is 0.725. The van der Waals surface area contributed by atoms with Gasteiger partial charge in [0.25, 0.3) is 0 Å². The summed E-state index contributed by atoms with van der Waals surface area (Å²) in [4.78, 5) is 2.57. The van der Waals surface area contributed by atoms with E-state index in [-0.39, 0.29) is 0 Å². The molecule has 1 aliphatic heterocycles. The Morgan fingerprint density at radius 3 is 2.40 bits per heavy atom. The van der Waals surface area contributed by atoms with E-state index >= 15 is 0 Å². The van der Waals surface area contributed by atoms with E-state index in [9.17, 15) is 0 Å². The molecule has 2 unspecified atom stereocenters. The van der Waals surface area contributed by atoms with Crippen LogP contribution in [0.4, 0.5) is 0 Å². The van der Waals surface area contributed by atoms with Crippen molar-refractivity contribution in [2.45, 2.75) is 45.2 Å². The van der Waals surface area contributed by atoms with Gasteiger partial charge in [0.2, 0.25) is 0 Å². The van der Waals surface area contributed by atoms with Gasteiger partial charge < -0.3 is 15.0 Å². The molecule has 1 N–H and O–H groups in total. The van der Waals surface area contributed by atoms with Gasteiger partial charge in [0, 0.05) is 25.7 Å². The maximum atomic E-state index is 5.12. The number of methoxy groups -OCH3 is 1. The number of piperidine rings is 1. The van der Waals surface area contributed by atoms with Crippen molar-refractivity contribution in [2.75, 3.05) is 33.4 Å². The molecule has 0 aromatic carbocycles. The molecule has 90 valence electrons. The lowest BCUT2D eigenvalue weighted by Crippen LogP contribution is -2.45. The molecule has 2 atom stereocenters. The number of likely N-dealkylation sites (tertiary alicyclic amines) is 1. The maximum Gasteiger partial charge on any atom is 0.0613 e. The molecule has 15 heavy (non-hydrogen) atoms. The number of ether oxygens (including phenoxy) is 1. The van der Waals surface area contributed by atoms with E-state index in [4.69, 9.17) is 4.74 Å². The summed E-state index contributed by atoms with van der Waals surface area (Å²) < 4.78 is 5.12. The van der Waals surface area contributed by atoms with Gasteiger partial charge in [-0.3, -0.25) is 0 Å². The van der Waals surface area contributed by atoms with Gasteiger partial charge in [-0.05, 0) is 39.8 Å². The molecule has 0 aliphatic carbocycles. The van der Waals surface area contributed by atoms with Crippen LogP contribution in [0.1, 0.15) is 33.1 Å². The second kappa shape index (κ2) is 7.20. The van der Waals surface area contributed by atoms with E-state index in [1.54, 1.807) is 7.11 Å². The highest BCUT2D eigenvalue weighted by molar-refractivity contribution is 4.73. The van der Waals surface area contributed by atoms with Gasteiger partial charge in [-0.2, -0.15) is 0 Å². The lowest BCUT2D eigenvalue weighted by molar-refractivity contribution is 0.155. The van der Waals surface area contributed by atoms with Crippen LogP contribution in [-0.4, -0.2) is 50.3 Å². The Morgan fingerprint density at radius 1 is 1.13 bits per heavy atom. The molecule has 0 aromatic heterocycles. The van der Waals surface area contributed by atoms with Gasteiger partial charge in [0.05, 0.1) is 6.61 Å². The maximum absolute atomic E-state index is 5.12.